The molecule has 1 heterocycles. The van der Waals surface area contributed by atoms with E-state index in [9.17, 15) is 4.79 Å². The molecule has 0 aliphatic heterocycles. The molecule has 3 aromatic rings. The zero-order chi connectivity index (χ0) is 20.1. The van der Waals surface area contributed by atoms with E-state index in [0.29, 0.717) is 18.7 Å². The van der Waals surface area contributed by atoms with Crippen LogP contribution in [-0.4, -0.2) is 15.7 Å². The topological polar surface area (TPSA) is 56.2 Å². The summed E-state index contributed by atoms with van der Waals surface area (Å²) in [5.74, 6) is 0.625. The summed E-state index contributed by atoms with van der Waals surface area (Å²) in [5, 5.41) is 8.02. The molecule has 0 spiro atoms. The Morgan fingerprint density at radius 1 is 1.25 bits per heavy atom. The van der Waals surface area contributed by atoms with Crippen LogP contribution >= 0.6 is 27.5 Å². The molecule has 0 bridgehead atoms. The Labute approximate surface area is 177 Å². The van der Waals surface area contributed by atoms with E-state index < -0.39 is 0 Å². The van der Waals surface area contributed by atoms with Crippen molar-refractivity contribution in [2.45, 2.75) is 33.5 Å². The van der Waals surface area contributed by atoms with Gasteiger partial charge in [-0.2, -0.15) is 5.10 Å². The second kappa shape index (κ2) is 9.26. The van der Waals surface area contributed by atoms with E-state index in [2.05, 4.69) is 26.3 Å². The van der Waals surface area contributed by atoms with Gasteiger partial charge in [0.15, 0.2) is 0 Å². The van der Waals surface area contributed by atoms with Crippen LogP contribution in [0.5, 0.6) is 5.75 Å². The number of carbonyl (C=O) groups excluding carboxylic acids is 1. The average Bonchev–Trinajstić information content (AvgIpc) is 3.07. The molecule has 0 radical (unpaired) electrons. The lowest BCUT2D eigenvalue weighted by Crippen LogP contribution is -2.23. The van der Waals surface area contributed by atoms with Crippen molar-refractivity contribution in [1.29, 1.82) is 0 Å². The molecule has 1 aromatic heterocycles. The molecule has 0 atom stereocenters. The zero-order valence-corrected chi connectivity index (χ0v) is 18.0. The predicted molar refractivity (Wildman–Crippen MR) is 114 cm³/mol. The van der Waals surface area contributed by atoms with E-state index in [4.69, 9.17) is 16.3 Å². The third-order valence-corrected chi connectivity index (χ3v) is 5.37. The van der Waals surface area contributed by atoms with Crippen molar-refractivity contribution in [2.75, 3.05) is 0 Å². The fourth-order valence-corrected chi connectivity index (χ4v) is 3.18. The molecule has 0 fully saturated rings. The lowest BCUT2D eigenvalue weighted by atomic mass is 10.1. The van der Waals surface area contributed by atoms with Crippen LogP contribution in [0.1, 0.15) is 34.1 Å². The number of hydrogen-bond acceptors (Lipinski definition) is 3. The maximum absolute atomic E-state index is 12.4. The minimum absolute atomic E-state index is 0.140. The lowest BCUT2D eigenvalue weighted by Gasteiger charge is -2.09. The van der Waals surface area contributed by atoms with Crippen LogP contribution < -0.4 is 10.1 Å². The quantitative estimate of drug-likeness (QED) is 0.529. The molecule has 0 unspecified atom stereocenters. The van der Waals surface area contributed by atoms with E-state index in [1.807, 2.05) is 55.1 Å². The summed E-state index contributed by atoms with van der Waals surface area (Å²) in [6, 6.07) is 12.9. The van der Waals surface area contributed by atoms with Crippen LogP contribution in [0.2, 0.25) is 5.02 Å². The number of halogens is 2. The summed E-state index contributed by atoms with van der Waals surface area (Å²) in [7, 11) is 0. The number of nitrogens with zero attached hydrogens (tertiary/aromatic N) is 2. The van der Waals surface area contributed by atoms with E-state index in [1.54, 1.807) is 12.1 Å². The van der Waals surface area contributed by atoms with E-state index in [1.165, 1.54) is 0 Å². The maximum atomic E-state index is 12.4. The second-order valence-corrected chi connectivity index (χ2v) is 7.62. The average molecular weight is 463 g/mol. The number of carbonyl (C=O) groups is 1. The van der Waals surface area contributed by atoms with Crippen LogP contribution in [0, 0.1) is 6.92 Å². The van der Waals surface area contributed by atoms with Crippen LogP contribution in [0.25, 0.3) is 0 Å². The molecule has 3 rings (SSSR count). The number of hydrogen-bond donors (Lipinski definition) is 1. The van der Waals surface area contributed by atoms with Gasteiger partial charge in [-0.1, -0.05) is 23.7 Å². The van der Waals surface area contributed by atoms with Crippen molar-refractivity contribution in [2.24, 2.45) is 0 Å². The fourth-order valence-electron chi connectivity index (χ4n) is 2.61. The van der Waals surface area contributed by atoms with Crippen molar-refractivity contribution < 1.29 is 9.53 Å². The maximum Gasteiger partial charge on any atom is 0.251 e. The third kappa shape index (κ3) is 5.14. The first-order valence-electron chi connectivity index (χ1n) is 8.94. The van der Waals surface area contributed by atoms with Crippen molar-refractivity contribution >= 4 is 33.4 Å². The molecular formula is C21H21BrClN3O2. The number of amides is 1. The minimum atomic E-state index is -0.140. The molecule has 1 amide bonds. The first kappa shape index (κ1) is 20.4. The van der Waals surface area contributed by atoms with Crippen molar-refractivity contribution in [3.8, 4) is 5.75 Å². The van der Waals surface area contributed by atoms with Crippen molar-refractivity contribution in [3.63, 3.8) is 0 Å². The molecule has 0 saturated heterocycles. The van der Waals surface area contributed by atoms with E-state index >= 15 is 0 Å². The van der Waals surface area contributed by atoms with Crippen LogP contribution in [0.4, 0.5) is 0 Å². The largest absolute Gasteiger partial charge is 0.489 e. The number of rotatable bonds is 7. The molecule has 5 nitrogen and oxygen atoms in total. The Hall–Kier alpha value is -2.31. The van der Waals surface area contributed by atoms with Crippen molar-refractivity contribution in [3.05, 3.63) is 80.5 Å². The van der Waals surface area contributed by atoms with Gasteiger partial charge < -0.3 is 10.1 Å². The lowest BCUT2D eigenvalue weighted by molar-refractivity contribution is 0.0950. The summed E-state index contributed by atoms with van der Waals surface area (Å²) in [5.41, 5.74) is 3.35. The minimum Gasteiger partial charge on any atom is -0.489 e. The van der Waals surface area contributed by atoms with E-state index in [-0.39, 0.29) is 5.91 Å². The number of aromatic nitrogens is 2. The van der Waals surface area contributed by atoms with Gasteiger partial charge in [0.1, 0.15) is 12.4 Å². The molecule has 0 aliphatic rings. The fraction of sp³-hybridized carbons (Fsp3) is 0.238. The molecule has 0 saturated carbocycles. The summed E-state index contributed by atoms with van der Waals surface area (Å²) >= 11 is 9.49. The number of ether oxygens (including phenoxy) is 1. The number of benzene rings is 2. The Kier molecular flexibility index (Phi) is 6.75. The smallest absolute Gasteiger partial charge is 0.251 e. The van der Waals surface area contributed by atoms with Gasteiger partial charge in [0.2, 0.25) is 0 Å². The number of aryl methyl sites for hydroxylation is 2. The summed E-state index contributed by atoms with van der Waals surface area (Å²) < 4.78 is 8.50. The van der Waals surface area contributed by atoms with Gasteiger partial charge in [-0.25, -0.2) is 0 Å². The van der Waals surface area contributed by atoms with Gasteiger partial charge in [-0.05, 0) is 71.2 Å². The summed E-state index contributed by atoms with van der Waals surface area (Å²) in [6.07, 6.45) is 1.90. The van der Waals surface area contributed by atoms with E-state index in [0.717, 1.165) is 38.6 Å². The van der Waals surface area contributed by atoms with Gasteiger partial charge in [0, 0.05) is 23.3 Å². The van der Waals surface area contributed by atoms with Crippen LogP contribution in [-0.2, 0) is 19.7 Å². The van der Waals surface area contributed by atoms with Gasteiger partial charge in [-0.15, -0.1) is 0 Å². The highest BCUT2D eigenvalue weighted by Gasteiger charge is 2.10. The monoisotopic (exact) mass is 461 g/mol. The highest BCUT2D eigenvalue weighted by Crippen LogP contribution is 2.22. The molecular weight excluding hydrogens is 442 g/mol. The normalized spacial score (nSPS) is 10.7. The van der Waals surface area contributed by atoms with Gasteiger partial charge in [-0.3, -0.25) is 9.48 Å². The van der Waals surface area contributed by atoms with Crippen LogP contribution in [0.3, 0.4) is 0 Å². The zero-order valence-electron chi connectivity index (χ0n) is 15.7. The van der Waals surface area contributed by atoms with Gasteiger partial charge in [0.25, 0.3) is 5.91 Å². The summed E-state index contributed by atoms with van der Waals surface area (Å²) in [4.78, 5) is 12.4. The number of nitrogens with one attached hydrogen (secondary N) is 1. The molecule has 146 valence electrons. The van der Waals surface area contributed by atoms with Gasteiger partial charge >= 0.3 is 0 Å². The van der Waals surface area contributed by atoms with Crippen LogP contribution in [0.15, 0.2) is 53.1 Å². The Balaban J connectivity index is 1.54. The standard InChI is InChI=1S/C21H21BrClN3O2/c1-3-26-12-18(22)20(25-26)11-24-21(27)16-6-4-15(5-7-16)13-28-17-8-9-19(23)14(2)10-17/h4-10,12H,3,11,13H2,1-2H3,(H,24,27). The first-order chi connectivity index (χ1) is 13.5. The molecule has 0 aliphatic carbocycles. The Bertz CT molecular complexity index is 970. The highest BCUT2D eigenvalue weighted by atomic mass is 79.9. The summed E-state index contributed by atoms with van der Waals surface area (Å²) in [6.45, 7) is 5.53. The van der Waals surface area contributed by atoms with Gasteiger partial charge in [0.05, 0.1) is 16.7 Å². The SMILES string of the molecule is CCn1cc(Br)c(CNC(=O)c2ccc(COc3ccc(Cl)c(C)c3)cc2)n1. The molecule has 1 N–H and O–H groups in total. The second-order valence-electron chi connectivity index (χ2n) is 6.36. The van der Waals surface area contributed by atoms with Crippen molar-refractivity contribution in [1.82, 2.24) is 15.1 Å². The highest BCUT2D eigenvalue weighted by molar-refractivity contribution is 9.10. The molecule has 2 aromatic carbocycles. The Morgan fingerprint density at radius 2 is 2.00 bits per heavy atom. The Morgan fingerprint density at radius 3 is 2.64 bits per heavy atom. The molecule has 28 heavy (non-hydrogen) atoms. The predicted octanol–water partition coefficient (Wildman–Crippen LogP) is 5.14. The third-order valence-electron chi connectivity index (χ3n) is 4.28. The molecule has 7 heteroatoms. The first-order valence-corrected chi connectivity index (χ1v) is 10.1.